The van der Waals surface area contributed by atoms with E-state index < -0.39 is 23.5 Å². The number of esters is 2. The van der Waals surface area contributed by atoms with Crippen LogP contribution in [0, 0.1) is 0 Å². The smallest absolute Gasteiger partial charge is 0.355 e. The third kappa shape index (κ3) is 3.37. The average molecular weight is 397 g/mol. The number of hydrogen-bond acceptors (Lipinski definition) is 6. The lowest BCUT2D eigenvalue weighted by atomic mass is 9.84. The second kappa shape index (κ2) is 8.43. The fourth-order valence-electron chi connectivity index (χ4n) is 3.57. The Kier molecular flexibility index (Phi) is 5.96. The highest BCUT2D eigenvalue weighted by molar-refractivity contribution is 6.32. The van der Waals surface area contributed by atoms with E-state index in [2.05, 4.69) is 0 Å². The van der Waals surface area contributed by atoms with Crippen molar-refractivity contribution in [2.45, 2.75) is 40.2 Å². The van der Waals surface area contributed by atoms with E-state index in [9.17, 15) is 19.2 Å². The largest absolute Gasteiger partial charge is 0.461 e. The maximum absolute atomic E-state index is 13.3. The second-order valence-electron chi connectivity index (χ2n) is 6.60. The van der Waals surface area contributed by atoms with Gasteiger partial charge in [-0.3, -0.25) is 9.59 Å². The van der Waals surface area contributed by atoms with Gasteiger partial charge in [0.25, 0.3) is 0 Å². The number of hydrogen-bond donors (Lipinski definition) is 0. The first kappa shape index (κ1) is 20.5. The minimum absolute atomic E-state index is 0.0637. The van der Waals surface area contributed by atoms with Gasteiger partial charge in [-0.25, -0.2) is 9.59 Å². The molecule has 0 saturated heterocycles. The van der Waals surface area contributed by atoms with E-state index >= 15 is 0 Å². The zero-order valence-electron chi connectivity index (χ0n) is 16.7. The summed E-state index contributed by atoms with van der Waals surface area (Å²) >= 11 is 0. The summed E-state index contributed by atoms with van der Waals surface area (Å²) in [6.45, 7) is 5.74. The lowest BCUT2D eigenvalue weighted by Gasteiger charge is -2.15. The van der Waals surface area contributed by atoms with Gasteiger partial charge in [-0.2, -0.15) is 0 Å². The number of carbonyl (C=O) groups excluding carboxylic acids is 4. The van der Waals surface area contributed by atoms with Crippen LogP contribution in [0.15, 0.2) is 24.3 Å². The summed E-state index contributed by atoms with van der Waals surface area (Å²) in [4.78, 5) is 52.2. The van der Waals surface area contributed by atoms with Gasteiger partial charge in [0.15, 0.2) is 11.6 Å². The SMILES string of the molecule is CCCCn1c(C(=O)OCC)c2c(c1C(=O)OCC)C(=O)c1ccccc1C2=O. The number of fused-ring (bicyclic) bond motifs is 2. The van der Waals surface area contributed by atoms with Gasteiger partial charge < -0.3 is 14.0 Å². The van der Waals surface area contributed by atoms with Crippen molar-refractivity contribution in [1.29, 1.82) is 0 Å². The lowest BCUT2D eigenvalue weighted by molar-refractivity contribution is 0.0499. The van der Waals surface area contributed by atoms with Crippen LogP contribution in [0.3, 0.4) is 0 Å². The Labute approximate surface area is 168 Å². The third-order valence-electron chi connectivity index (χ3n) is 4.81. The Bertz CT molecular complexity index is 926. The van der Waals surface area contributed by atoms with Crippen molar-refractivity contribution >= 4 is 23.5 Å². The molecule has 152 valence electrons. The van der Waals surface area contributed by atoms with Crippen LogP contribution >= 0.6 is 0 Å². The second-order valence-corrected chi connectivity index (χ2v) is 6.60. The zero-order valence-corrected chi connectivity index (χ0v) is 16.7. The van der Waals surface area contributed by atoms with Crippen LogP contribution in [0.25, 0.3) is 0 Å². The summed E-state index contributed by atoms with van der Waals surface area (Å²) in [6, 6.07) is 6.39. The molecule has 0 saturated carbocycles. The van der Waals surface area contributed by atoms with Crippen LogP contribution in [0.2, 0.25) is 0 Å². The molecular weight excluding hydrogens is 374 g/mol. The molecule has 0 N–H and O–H groups in total. The quantitative estimate of drug-likeness (QED) is 0.567. The maximum Gasteiger partial charge on any atom is 0.355 e. The lowest BCUT2D eigenvalue weighted by Crippen LogP contribution is -2.23. The normalized spacial score (nSPS) is 12.4. The first-order valence-corrected chi connectivity index (χ1v) is 9.76. The van der Waals surface area contributed by atoms with Crippen LogP contribution in [-0.2, 0) is 16.0 Å². The molecule has 7 nitrogen and oxygen atoms in total. The Morgan fingerprint density at radius 3 is 1.66 bits per heavy atom. The molecule has 0 unspecified atom stereocenters. The van der Waals surface area contributed by atoms with Crippen molar-refractivity contribution in [3.05, 3.63) is 57.9 Å². The van der Waals surface area contributed by atoms with Gasteiger partial charge in [0.2, 0.25) is 0 Å². The highest BCUT2D eigenvalue weighted by atomic mass is 16.5. The van der Waals surface area contributed by atoms with E-state index in [-0.39, 0.29) is 53.4 Å². The Morgan fingerprint density at radius 1 is 0.828 bits per heavy atom. The number of ether oxygens (including phenoxy) is 2. The number of unbranched alkanes of at least 4 members (excludes halogenated alkanes) is 1. The monoisotopic (exact) mass is 397 g/mol. The van der Waals surface area contributed by atoms with Gasteiger partial charge in [-0.05, 0) is 20.3 Å². The van der Waals surface area contributed by atoms with Gasteiger partial charge in [0.1, 0.15) is 11.4 Å². The summed E-state index contributed by atoms with van der Waals surface area (Å²) in [7, 11) is 0. The van der Waals surface area contributed by atoms with E-state index in [1.54, 1.807) is 38.1 Å². The minimum Gasteiger partial charge on any atom is -0.461 e. The number of aromatic nitrogens is 1. The summed E-state index contributed by atoms with van der Waals surface area (Å²) in [5.41, 5.74) is 0.132. The van der Waals surface area contributed by atoms with Gasteiger partial charge in [0.05, 0.1) is 24.3 Å². The van der Waals surface area contributed by atoms with E-state index in [0.717, 1.165) is 6.42 Å². The molecule has 0 atom stereocenters. The van der Waals surface area contributed by atoms with Gasteiger partial charge in [-0.1, -0.05) is 37.6 Å². The molecule has 2 aromatic rings. The van der Waals surface area contributed by atoms with Crippen LogP contribution in [0.4, 0.5) is 0 Å². The molecule has 1 aliphatic rings. The van der Waals surface area contributed by atoms with E-state index in [4.69, 9.17) is 9.47 Å². The van der Waals surface area contributed by atoms with Gasteiger partial charge >= 0.3 is 11.9 Å². The van der Waals surface area contributed by atoms with Crippen LogP contribution in [0.5, 0.6) is 0 Å². The van der Waals surface area contributed by atoms with Gasteiger partial charge in [-0.15, -0.1) is 0 Å². The number of rotatable bonds is 7. The zero-order chi connectivity index (χ0) is 21.1. The van der Waals surface area contributed by atoms with E-state index in [1.807, 2.05) is 6.92 Å². The first-order valence-electron chi connectivity index (χ1n) is 9.76. The number of ketones is 2. The maximum atomic E-state index is 13.3. The van der Waals surface area contributed by atoms with Crippen molar-refractivity contribution in [3.8, 4) is 0 Å². The highest BCUT2D eigenvalue weighted by Gasteiger charge is 2.42. The topological polar surface area (TPSA) is 91.7 Å². The van der Waals surface area contributed by atoms with Crippen LogP contribution < -0.4 is 0 Å². The molecular formula is C22H23NO6. The molecule has 0 fully saturated rings. The minimum atomic E-state index is -0.740. The number of nitrogens with zero attached hydrogens (tertiary/aromatic N) is 1. The summed E-state index contributed by atoms with van der Waals surface area (Å²) in [5.74, 6) is -2.43. The van der Waals surface area contributed by atoms with Crippen molar-refractivity contribution in [2.24, 2.45) is 0 Å². The van der Waals surface area contributed by atoms with Crippen molar-refractivity contribution < 1.29 is 28.7 Å². The summed E-state index contributed by atoms with van der Waals surface area (Å²) < 4.78 is 11.8. The summed E-state index contributed by atoms with van der Waals surface area (Å²) in [5, 5.41) is 0. The molecule has 3 rings (SSSR count). The van der Waals surface area contributed by atoms with Crippen molar-refractivity contribution in [1.82, 2.24) is 4.57 Å². The molecule has 29 heavy (non-hydrogen) atoms. The standard InChI is InChI=1S/C22H23NO6/c1-4-7-12-23-17(21(26)28-5-2)15-16(18(23)22(27)29-6-3)20(25)14-11-9-8-10-13(14)19(15)24/h8-11H,4-7,12H2,1-3H3. The molecule has 1 heterocycles. The average Bonchev–Trinajstić information content (AvgIpc) is 3.06. The molecule has 1 aliphatic carbocycles. The molecule has 1 aromatic carbocycles. The van der Waals surface area contributed by atoms with Crippen molar-refractivity contribution in [2.75, 3.05) is 13.2 Å². The third-order valence-corrected chi connectivity index (χ3v) is 4.81. The summed E-state index contributed by atoms with van der Waals surface area (Å²) in [6.07, 6.45) is 1.43. The predicted molar refractivity (Wildman–Crippen MR) is 105 cm³/mol. The first-order chi connectivity index (χ1) is 14.0. The molecule has 0 amide bonds. The molecule has 0 aliphatic heterocycles. The molecule has 0 spiro atoms. The predicted octanol–water partition coefficient (Wildman–Crippen LogP) is 3.42. The highest BCUT2D eigenvalue weighted by Crippen LogP contribution is 2.35. The Balaban J connectivity index is 2.37. The Hall–Kier alpha value is -3.22. The molecule has 0 bridgehead atoms. The molecule has 1 aromatic heterocycles. The van der Waals surface area contributed by atoms with Crippen molar-refractivity contribution in [3.63, 3.8) is 0 Å². The van der Waals surface area contributed by atoms with Crippen LogP contribution in [0.1, 0.15) is 86.4 Å². The Morgan fingerprint density at radius 2 is 1.28 bits per heavy atom. The van der Waals surface area contributed by atoms with E-state index in [0.29, 0.717) is 6.42 Å². The molecule has 7 heteroatoms. The van der Waals surface area contributed by atoms with Gasteiger partial charge in [0, 0.05) is 17.7 Å². The fourth-order valence-corrected chi connectivity index (χ4v) is 3.57. The van der Waals surface area contributed by atoms with E-state index in [1.165, 1.54) is 4.57 Å². The number of carbonyl (C=O) groups is 4. The number of benzene rings is 1. The fraction of sp³-hybridized carbons (Fsp3) is 0.364. The van der Waals surface area contributed by atoms with Crippen LogP contribution in [-0.4, -0.2) is 41.3 Å². The molecule has 0 radical (unpaired) electrons.